The SMILES string of the molecule is C[C@@H](Nc1ncnn2ccc(CN3CC[C@@H](N)[C@H](O)C3)c12)c1ccccn1. The molecule has 1 aliphatic heterocycles. The van der Waals surface area contributed by atoms with Crippen molar-refractivity contribution in [3.8, 4) is 0 Å². The van der Waals surface area contributed by atoms with Crippen LogP contribution in [0.5, 0.6) is 0 Å². The fourth-order valence-corrected chi connectivity index (χ4v) is 3.56. The number of aromatic nitrogens is 4. The summed E-state index contributed by atoms with van der Waals surface area (Å²) in [4.78, 5) is 11.1. The van der Waals surface area contributed by atoms with Gasteiger partial charge in [0.05, 0.1) is 17.8 Å². The fraction of sp³-hybridized carbons (Fsp3) is 0.421. The van der Waals surface area contributed by atoms with Gasteiger partial charge in [-0.1, -0.05) is 6.07 Å². The van der Waals surface area contributed by atoms with Crippen LogP contribution in [0.2, 0.25) is 0 Å². The number of pyridine rings is 1. The van der Waals surface area contributed by atoms with Gasteiger partial charge in [-0.3, -0.25) is 9.88 Å². The Hall–Kier alpha value is -2.55. The third-order valence-electron chi connectivity index (χ3n) is 5.13. The average Bonchev–Trinajstić information content (AvgIpc) is 3.09. The minimum absolute atomic E-state index is 0.0162. The van der Waals surface area contributed by atoms with E-state index in [9.17, 15) is 5.11 Å². The van der Waals surface area contributed by atoms with Crippen molar-refractivity contribution in [3.05, 3.63) is 54.2 Å². The second kappa shape index (κ2) is 7.59. The summed E-state index contributed by atoms with van der Waals surface area (Å²) in [7, 11) is 0. The molecule has 3 aromatic rings. The van der Waals surface area contributed by atoms with E-state index in [-0.39, 0.29) is 12.1 Å². The molecule has 8 nitrogen and oxygen atoms in total. The van der Waals surface area contributed by atoms with Crippen molar-refractivity contribution in [2.45, 2.75) is 38.1 Å². The molecule has 8 heteroatoms. The lowest BCUT2D eigenvalue weighted by Crippen LogP contribution is -2.50. The number of aliphatic hydroxyl groups is 1. The highest BCUT2D eigenvalue weighted by atomic mass is 16.3. The molecule has 27 heavy (non-hydrogen) atoms. The Morgan fingerprint density at radius 3 is 3.00 bits per heavy atom. The van der Waals surface area contributed by atoms with Gasteiger partial charge >= 0.3 is 0 Å². The molecule has 3 atom stereocenters. The highest BCUT2D eigenvalue weighted by Gasteiger charge is 2.25. The van der Waals surface area contributed by atoms with E-state index in [1.54, 1.807) is 12.5 Å². The molecular formula is C19H25N7O. The van der Waals surface area contributed by atoms with Crippen LogP contribution in [-0.4, -0.2) is 54.8 Å². The van der Waals surface area contributed by atoms with E-state index >= 15 is 0 Å². The molecule has 0 amide bonds. The van der Waals surface area contributed by atoms with Crippen LogP contribution in [0, 0.1) is 0 Å². The second-order valence-corrected chi connectivity index (χ2v) is 7.12. The van der Waals surface area contributed by atoms with Crippen LogP contribution in [0.25, 0.3) is 5.52 Å². The van der Waals surface area contributed by atoms with Gasteiger partial charge in [0.25, 0.3) is 0 Å². The van der Waals surface area contributed by atoms with Gasteiger partial charge in [0.15, 0.2) is 5.82 Å². The number of hydrogen-bond acceptors (Lipinski definition) is 7. The molecule has 0 bridgehead atoms. The molecule has 4 rings (SSSR count). The minimum atomic E-state index is -0.481. The summed E-state index contributed by atoms with van der Waals surface area (Å²) in [5.41, 5.74) is 8.94. The predicted molar refractivity (Wildman–Crippen MR) is 103 cm³/mol. The van der Waals surface area contributed by atoms with Crippen LogP contribution in [0.1, 0.15) is 30.6 Å². The predicted octanol–water partition coefficient (Wildman–Crippen LogP) is 1.19. The number of anilines is 1. The van der Waals surface area contributed by atoms with Crippen LogP contribution in [0.4, 0.5) is 5.82 Å². The molecule has 0 radical (unpaired) electrons. The van der Waals surface area contributed by atoms with Gasteiger partial charge in [-0.05, 0) is 37.1 Å². The largest absolute Gasteiger partial charge is 0.390 e. The standard InChI is InChI=1S/C19H25N7O/c1-13(16-4-2-3-7-21-16)24-19-18-14(5-9-26(18)23-12-22-19)10-25-8-6-15(20)17(27)11-25/h2-5,7,9,12-13,15,17,27H,6,8,10-11,20H2,1H3,(H,22,23,24)/t13-,15-,17-/m1/s1. The number of nitrogens with zero attached hydrogens (tertiary/aromatic N) is 5. The summed E-state index contributed by atoms with van der Waals surface area (Å²) < 4.78 is 1.84. The normalized spacial score (nSPS) is 22.0. The molecule has 1 fully saturated rings. The molecule has 3 aromatic heterocycles. The van der Waals surface area contributed by atoms with E-state index in [0.717, 1.165) is 42.1 Å². The maximum Gasteiger partial charge on any atom is 0.154 e. The third kappa shape index (κ3) is 3.78. The van der Waals surface area contributed by atoms with Crippen molar-refractivity contribution in [1.29, 1.82) is 0 Å². The maximum absolute atomic E-state index is 10.1. The summed E-state index contributed by atoms with van der Waals surface area (Å²) in [5, 5.41) is 17.9. The smallest absolute Gasteiger partial charge is 0.154 e. The van der Waals surface area contributed by atoms with Gasteiger partial charge in [0, 0.05) is 38.1 Å². The van der Waals surface area contributed by atoms with Gasteiger partial charge in [-0.15, -0.1) is 0 Å². The Balaban J connectivity index is 1.58. The zero-order chi connectivity index (χ0) is 18.8. The van der Waals surface area contributed by atoms with E-state index < -0.39 is 6.10 Å². The number of nitrogens with one attached hydrogen (secondary N) is 1. The van der Waals surface area contributed by atoms with Gasteiger partial charge in [-0.25, -0.2) is 9.50 Å². The van der Waals surface area contributed by atoms with Gasteiger partial charge < -0.3 is 16.2 Å². The summed E-state index contributed by atoms with van der Waals surface area (Å²) >= 11 is 0. The molecule has 1 aliphatic rings. The summed E-state index contributed by atoms with van der Waals surface area (Å²) in [6.07, 6.45) is 5.59. The van der Waals surface area contributed by atoms with Crippen LogP contribution in [0.3, 0.4) is 0 Å². The van der Waals surface area contributed by atoms with Gasteiger partial charge in [0.2, 0.25) is 0 Å². The Morgan fingerprint density at radius 2 is 2.22 bits per heavy atom. The second-order valence-electron chi connectivity index (χ2n) is 7.12. The molecule has 1 saturated heterocycles. The van der Waals surface area contributed by atoms with Crippen molar-refractivity contribution in [3.63, 3.8) is 0 Å². The molecule has 142 valence electrons. The highest BCUT2D eigenvalue weighted by Crippen LogP contribution is 2.25. The van der Waals surface area contributed by atoms with Crippen molar-refractivity contribution < 1.29 is 5.11 Å². The van der Waals surface area contributed by atoms with Crippen molar-refractivity contribution in [1.82, 2.24) is 24.5 Å². The average molecular weight is 367 g/mol. The van der Waals surface area contributed by atoms with E-state index in [1.165, 1.54) is 0 Å². The van der Waals surface area contributed by atoms with Crippen molar-refractivity contribution in [2.24, 2.45) is 5.73 Å². The van der Waals surface area contributed by atoms with Crippen LogP contribution in [0.15, 0.2) is 43.0 Å². The van der Waals surface area contributed by atoms with Crippen LogP contribution < -0.4 is 11.1 Å². The zero-order valence-corrected chi connectivity index (χ0v) is 15.4. The van der Waals surface area contributed by atoms with Crippen LogP contribution >= 0.6 is 0 Å². The molecular weight excluding hydrogens is 342 g/mol. The molecule has 4 N–H and O–H groups in total. The van der Waals surface area contributed by atoms with Crippen molar-refractivity contribution in [2.75, 3.05) is 18.4 Å². The van der Waals surface area contributed by atoms with Gasteiger partial charge in [0.1, 0.15) is 11.8 Å². The van der Waals surface area contributed by atoms with Crippen LogP contribution in [-0.2, 0) is 6.54 Å². The Kier molecular flexibility index (Phi) is 5.02. The monoisotopic (exact) mass is 367 g/mol. The lowest BCUT2D eigenvalue weighted by Gasteiger charge is -2.33. The molecule has 0 spiro atoms. The molecule has 4 heterocycles. The minimum Gasteiger partial charge on any atom is -0.390 e. The van der Waals surface area contributed by atoms with Crippen molar-refractivity contribution >= 4 is 11.3 Å². The third-order valence-corrected chi connectivity index (χ3v) is 5.13. The molecule has 0 aliphatic carbocycles. The van der Waals surface area contributed by atoms with Gasteiger partial charge in [-0.2, -0.15) is 5.10 Å². The molecule has 0 aromatic carbocycles. The lowest BCUT2D eigenvalue weighted by molar-refractivity contribution is 0.0501. The number of piperidine rings is 1. The number of rotatable bonds is 5. The Bertz CT molecular complexity index is 897. The summed E-state index contributed by atoms with van der Waals surface area (Å²) in [6.45, 7) is 4.24. The number of hydrogen-bond donors (Lipinski definition) is 3. The number of likely N-dealkylation sites (tertiary alicyclic amines) is 1. The number of aliphatic hydroxyl groups excluding tert-OH is 1. The first-order chi connectivity index (χ1) is 13.1. The fourth-order valence-electron chi connectivity index (χ4n) is 3.56. The summed E-state index contributed by atoms with van der Waals surface area (Å²) in [5.74, 6) is 0.775. The topological polar surface area (TPSA) is 105 Å². The zero-order valence-electron chi connectivity index (χ0n) is 15.4. The van der Waals surface area contributed by atoms with E-state index in [4.69, 9.17) is 5.73 Å². The summed E-state index contributed by atoms with van der Waals surface area (Å²) in [6, 6.07) is 7.82. The number of fused-ring (bicyclic) bond motifs is 1. The number of β-amino-alcohol motifs (C(OH)–C–C–N with tert-alkyl or cyclic N) is 1. The Morgan fingerprint density at radius 1 is 1.33 bits per heavy atom. The first-order valence-corrected chi connectivity index (χ1v) is 9.26. The first-order valence-electron chi connectivity index (χ1n) is 9.26. The highest BCUT2D eigenvalue weighted by molar-refractivity contribution is 5.72. The van der Waals surface area contributed by atoms with E-state index in [1.807, 2.05) is 28.9 Å². The maximum atomic E-state index is 10.1. The molecule has 0 saturated carbocycles. The Labute approximate surface area is 158 Å². The first kappa shape index (κ1) is 17.8. The molecule has 0 unspecified atom stereocenters. The quantitative estimate of drug-likeness (QED) is 0.622. The van der Waals surface area contributed by atoms with E-state index in [0.29, 0.717) is 6.54 Å². The number of nitrogens with two attached hydrogens (primary N) is 1. The lowest BCUT2D eigenvalue weighted by atomic mass is 10.0. The van der Waals surface area contributed by atoms with E-state index in [2.05, 4.69) is 38.3 Å².